The molecule has 0 aliphatic carbocycles. The molecule has 1 fully saturated rings. The van der Waals surface area contributed by atoms with E-state index in [2.05, 4.69) is 10.1 Å². The van der Waals surface area contributed by atoms with Gasteiger partial charge in [-0.05, 0) is 18.9 Å². The van der Waals surface area contributed by atoms with Crippen molar-refractivity contribution in [3.8, 4) is 11.3 Å². The molecule has 3 aromatic rings. The number of aromatic nitrogens is 3. The Labute approximate surface area is 171 Å². The number of fused-ring (bicyclic) bond motifs is 1. The minimum atomic E-state index is -4.67. The first-order valence-electron chi connectivity index (χ1n) is 9.84. The predicted octanol–water partition coefficient (Wildman–Crippen LogP) is 3.79. The molecule has 1 atom stereocenters. The zero-order valence-electron chi connectivity index (χ0n) is 16.1. The number of hydrogen-bond donors (Lipinski definition) is 1. The fraction of sp³-hybridized carbons (Fsp3) is 0.381. The number of alkyl halides is 3. The normalized spacial score (nSPS) is 18.3. The number of aliphatic hydroxyl groups excluding tert-OH is 1. The van der Waals surface area contributed by atoms with Crippen molar-refractivity contribution >= 4 is 11.6 Å². The molecule has 3 heterocycles. The van der Waals surface area contributed by atoms with Crippen molar-refractivity contribution in [1.82, 2.24) is 19.5 Å². The molecule has 1 aliphatic heterocycles. The van der Waals surface area contributed by atoms with Crippen molar-refractivity contribution in [3.05, 3.63) is 53.9 Å². The Kier molecular flexibility index (Phi) is 5.46. The van der Waals surface area contributed by atoms with E-state index in [9.17, 15) is 23.1 Å². The average molecular weight is 418 g/mol. The minimum absolute atomic E-state index is 0.0559. The fourth-order valence-electron chi connectivity index (χ4n) is 3.68. The Balaban J connectivity index is 1.76. The summed E-state index contributed by atoms with van der Waals surface area (Å²) in [6.45, 7) is 0.570. The molecule has 0 spiro atoms. The number of likely N-dealkylation sites (tertiary alicyclic amines) is 1. The van der Waals surface area contributed by atoms with Crippen LogP contribution >= 0.6 is 0 Å². The van der Waals surface area contributed by atoms with Gasteiger partial charge in [-0.15, -0.1) is 0 Å². The van der Waals surface area contributed by atoms with Crippen LogP contribution in [0.1, 0.15) is 41.9 Å². The van der Waals surface area contributed by atoms with E-state index in [0.29, 0.717) is 23.0 Å². The smallest absolute Gasteiger partial charge is 0.391 e. The molecule has 0 radical (unpaired) electrons. The third-order valence-electron chi connectivity index (χ3n) is 5.19. The molecule has 1 aliphatic rings. The molecule has 30 heavy (non-hydrogen) atoms. The van der Waals surface area contributed by atoms with Gasteiger partial charge in [0.05, 0.1) is 11.8 Å². The predicted molar refractivity (Wildman–Crippen MR) is 104 cm³/mol. The number of halogens is 3. The highest BCUT2D eigenvalue weighted by atomic mass is 19.4. The third-order valence-corrected chi connectivity index (χ3v) is 5.19. The van der Waals surface area contributed by atoms with Crippen LogP contribution in [0.15, 0.2) is 42.5 Å². The van der Waals surface area contributed by atoms with Gasteiger partial charge in [0.25, 0.3) is 5.91 Å². The number of benzene rings is 1. The van der Waals surface area contributed by atoms with Gasteiger partial charge in [0.2, 0.25) is 0 Å². The zero-order valence-corrected chi connectivity index (χ0v) is 16.1. The van der Waals surface area contributed by atoms with E-state index in [1.807, 2.05) is 0 Å². The summed E-state index contributed by atoms with van der Waals surface area (Å²) in [6, 6.07) is 10.7. The van der Waals surface area contributed by atoms with E-state index in [1.165, 1.54) is 11.0 Å². The first kappa shape index (κ1) is 20.3. The molecule has 158 valence electrons. The lowest BCUT2D eigenvalue weighted by atomic mass is 10.1. The number of carbonyl (C=O) groups is 1. The van der Waals surface area contributed by atoms with Crippen LogP contribution in [-0.2, 0) is 6.18 Å². The Morgan fingerprint density at radius 3 is 2.60 bits per heavy atom. The van der Waals surface area contributed by atoms with E-state index >= 15 is 0 Å². The van der Waals surface area contributed by atoms with Crippen LogP contribution < -0.4 is 0 Å². The van der Waals surface area contributed by atoms with Crippen molar-refractivity contribution in [2.45, 2.75) is 38.0 Å². The second kappa shape index (κ2) is 8.06. The number of rotatable bonds is 2. The number of carbonyl (C=O) groups excluding carboxylic acids is 1. The van der Waals surface area contributed by atoms with Crippen molar-refractivity contribution < 1.29 is 23.1 Å². The van der Waals surface area contributed by atoms with Crippen molar-refractivity contribution in [3.63, 3.8) is 0 Å². The summed E-state index contributed by atoms with van der Waals surface area (Å²) in [6.07, 6.45) is -2.19. The van der Waals surface area contributed by atoms with Gasteiger partial charge in [-0.1, -0.05) is 43.2 Å². The van der Waals surface area contributed by atoms with Crippen LogP contribution in [0.5, 0.6) is 0 Å². The minimum Gasteiger partial charge on any atom is -0.391 e. The molecule has 2 aromatic heterocycles. The lowest BCUT2D eigenvalue weighted by molar-refractivity contribution is -0.142. The first-order valence-corrected chi connectivity index (χ1v) is 9.84. The van der Waals surface area contributed by atoms with Crippen molar-refractivity contribution in [2.75, 3.05) is 13.1 Å². The van der Waals surface area contributed by atoms with E-state index < -0.39 is 23.9 Å². The largest absolute Gasteiger partial charge is 0.433 e. The van der Waals surface area contributed by atoms with Crippen LogP contribution in [0, 0.1) is 0 Å². The summed E-state index contributed by atoms with van der Waals surface area (Å²) in [4.78, 5) is 18.7. The van der Waals surface area contributed by atoms with Gasteiger partial charge in [0.1, 0.15) is 0 Å². The molecule has 1 N–H and O–H groups in total. The van der Waals surface area contributed by atoms with Crippen molar-refractivity contribution in [1.29, 1.82) is 0 Å². The summed E-state index contributed by atoms with van der Waals surface area (Å²) in [5, 5.41) is 14.0. The molecule has 0 bridgehead atoms. The Morgan fingerprint density at radius 1 is 1.10 bits per heavy atom. The van der Waals surface area contributed by atoms with Gasteiger partial charge >= 0.3 is 6.18 Å². The summed E-state index contributed by atoms with van der Waals surface area (Å²) in [7, 11) is 0. The SMILES string of the molecule is O=C(c1cc2nc(-c3ccccc3)cc(C(F)(F)F)n2n1)N1CCCCCC(O)C1. The standard InChI is InChI=1S/C21H21F3N4O2/c22-21(23,24)18-11-16(14-7-3-1-4-8-14)25-19-12-17(26-28(18)19)20(30)27-10-6-2-5-9-15(29)13-27/h1,3-4,7-8,11-12,15,29H,2,5-6,9-10,13H2. The van der Waals surface area contributed by atoms with Crippen LogP contribution in [0.4, 0.5) is 13.2 Å². The van der Waals surface area contributed by atoms with Gasteiger partial charge in [-0.25, -0.2) is 9.50 Å². The molecule has 1 amide bonds. The lowest BCUT2D eigenvalue weighted by Crippen LogP contribution is -2.39. The fourth-order valence-corrected chi connectivity index (χ4v) is 3.68. The maximum Gasteiger partial charge on any atom is 0.433 e. The first-order chi connectivity index (χ1) is 14.3. The molecule has 1 unspecified atom stereocenters. The monoisotopic (exact) mass is 418 g/mol. The Hall–Kier alpha value is -2.94. The highest BCUT2D eigenvalue weighted by Crippen LogP contribution is 2.32. The maximum absolute atomic E-state index is 13.7. The van der Waals surface area contributed by atoms with Gasteiger partial charge in [-0.2, -0.15) is 18.3 Å². The van der Waals surface area contributed by atoms with Gasteiger partial charge < -0.3 is 10.0 Å². The number of aliphatic hydroxyl groups is 1. The Morgan fingerprint density at radius 2 is 1.87 bits per heavy atom. The van der Waals surface area contributed by atoms with Gasteiger partial charge in [0, 0.05) is 24.7 Å². The van der Waals surface area contributed by atoms with E-state index in [4.69, 9.17) is 0 Å². The second-order valence-electron chi connectivity index (χ2n) is 7.44. The molecular weight excluding hydrogens is 397 g/mol. The quantitative estimate of drug-likeness (QED) is 0.688. The van der Waals surface area contributed by atoms with Crippen LogP contribution in [0.3, 0.4) is 0 Å². The van der Waals surface area contributed by atoms with E-state index in [-0.39, 0.29) is 23.6 Å². The second-order valence-corrected chi connectivity index (χ2v) is 7.44. The average Bonchev–Trinajstić information content (AvgIpc) is 3.13. The Bertz CT molecular complexity index is 1050. The van der Waals surface area contributed by atoms with Crippen LogP contribution in [-0.4, -0.2) is 49.7 Å². The molecule has 1 saturated heterocycles. The molecule has 6 nitrogen and oxygen atoms in total. The van der Waals surface area contributed by atoms with E-state index in [0.717, 1.165) is 25.3 Å². The molecule has 4 rings (SSSR count). The van der Waals surface area contributed by atoms with Crippen LogP contribution in [0.25, 0.3) is 16.9 Å². The topological polar surface area (TPSA) is 70.7 Å². The number of hydrogen-bond acceptors (Lipinski definition) is 4. The van der Waals surface area contributed by atoms with Gasteiger partial charge in [-0.3, -0.25) is 4.79 Å². The van der Waals surface area contributed by atoms with Crippen molar-refractivity contribution in [2.24, 2.45) is 0 Å². The lowest BCUT2D eigenvalue weighted by Gasteiger charge is -2.26. The van der Waals surface area contributed by atoms with E-state index in [1.54, 1.807) is 30.3 Å². The number of amides is 1. The summed E-state index contributed by atoms with van der Waals surface area (Å²) in [5.74, 6) is -0.504. The zero-order chi connectivity index (χ0) is 21.3. The number of β-amino-alcohol motifs (C(OH)–C–C–N with tert-alkyl or cyclic N) is 1. The highest BCUT2D eigenvalue weighted by molar-refractivity contribution is 5.93. The highest BCUT2D eigenvalue weighted by Gasteiger charge is 2.36. The molecule has 1 aromatic carbocycles. The van der Waals surface area contributed by atoms with Crippen LogP contribution in [0.2, 0.25) is 0 Å². The summed E-state index contributed by atoms with van der Waals surface area (Å²) < 4.78 is 41.8. The summed E-state index contributed by atoms with van der Waals surface area (Å²) >= 11 is 0. The number of nitrogens with zero attached hydrogens (tertiary/aromatic N) is 4. The molecular formula is C21H21F3N4O2. The molecule has 0 saturated carbocycles. The maximum atomic E-state index is 13.7. The molecule has 9 heteroatoms. The third kappa shape index (κ3) is 4.16. The van der Waals surface area contributed by atoms with Gasteiger partial charge in [0.15, 0.2) is 17.0 Å². The summed E-state index contributed by atoms with van der Waals surface area (Å²) in [5.41, 5.74) is -0.494.